The third kappa shape index (κ3) is 4.14. The van der Waals surface area contributed by atoms with Gasteiger partial charge in [-0.25, -0.2) is 0 Å². The van der Waals surface area contributed by atoms with Crippen LogP contribution in [0, 0.1) is 0 Å². The molecule has 3 heteroatoms. The molecule has 0 aromatic carbocycles. The first-order valence-corrected chi connectivity index (χ1v) is 8.98. The van der Waals surface area contributed by atoms with Gasteiger partial charge in [0.2, 0.25) is 0 Å². The Morgan fingerprint density at radius 3 is 2.72 bits per heavy atom. The first-order chi connectivity index (χ1) is 8.83. The second-order valence-corrected chi connectivity index (χ2v) is 7.28. The molecule has 1 saturated heterocycles. The molecule has 0 bridgehead atoms. The lowest BCUT2D eigenvalue weighted by Gasteiger charge is -2.26. The molecule has 1 N–H and O–H groups in total. The molecule has 18 heavy (non-hydrogen) atoms. The van der Waals surface area contributed by atoms with Crippen LogP contribution in [0.4, 0.5) is 0 Å². The molecule has 0 aromatic heterocycles. The van der Waals surface area contributed by atoms with Crippen molar-refractivity contribution < 1.29 is 0 Å². The fraction of sp³-hybridized carbons (Fsp3) is 1.00. The lowest BCUT2D eigenvalue weighted by Crippen LogP contribution is -2.42. The van der Waals surface area contributed by atoms with Gasteiger partial charge in [0.05, 0.1) is 0 Å². The number of hydrogen-bond acceptors (Lipinski definition) is 3. The van der Waals surface area contributed by atoms with Crippen molar-refractivity contribution in [1.82, 2.24) is 10.2 Å². The summed E-state index contributed by atoms with van der Waals surface area (Å²) in [6, 6.07) is 1.58. The van der Waals surface area contributed by atoms with Gasteiger partial charge in [-0.15, -0.1) is 0 Å². The summed E-state index contributed by atoms with van der Waals surface area (Å²) in [5, 5.41) is 4.88. The Hall–Kier alpha value is 0.270. The number of nitrogens with zero attached hydrogens (tertiary/aromatic N) is 1. The van der Waals surface area contributed by atoms with Crippen LogP contribution in [-0.4, -0.2) is 47.6 Å². The topological polar surface area (TPSA) is 15.3 Å². The van der Waals surface area contributed by atoms with E-state index in [1.807, 2.05) is 0 Å². The smallest absolute Gasteiger partial charge is 0.0201 e. The van der Waals surface area contributed by atoms with Crippen LogP contribution >= 0.6 is 11.8 Å². The SMILES string of the molecule is CCSC1CCCC1NC1CCCN(CC)CC1. The highest BCUT2D eigenvalue weighted by Gasteiger charge is 2.29. The van der Waals surface area contributed by atoms with Crippen LogP contribution in [0.3, 0.4) is 0 Å². The van der Waals surface area contributed by atoms with Gasteiger partial charge in [-0.05, 0) is 57.5 Å². The Morgan fingerprint density at radius 2 is 1.94 bits per heavy atom. The number of rotatable bonds is 5. The minimum atomic E-state index is 0.782. The second kappa shape index (κ2) is 7.76. The summed E-state index contributed by atoms with van der Waals surface area (Å²) in [7, 11) is 0. The van der Waals surface area contributed by atoms with E-state index >= 15 is 0 Å². The predicted molar refractivity (Wildman–Crippen MR) is 82.4 cm³/mol. The Bertz CT molecular complexity index is 235. The molecule has 106 valence electrons. The Balaban J connectivity index is 1.78. The molecule has 1 heterocycles. The van der Waals surface area contributed by atoms with Crippen molar-refractivity contribution in [2.45, 2.75) is 69.7 Å². The average molecular weight is 270 g/mol. The van der Waals surface area contributed by atoms with Crippen LogP contribution in [0.1, 0.15) is 52.4 Å². The van der Waals surface area contributed by atoms with E-state index in [1.165, 1.54) is 63.9 Å². The lowest BCUT2D eigenvalue weighted by atomic mass is 10.1. The highest BCUT2D eigenvalue weighted by Crippen LogP contribution is 2.30. The van der Waals surface area contributed by atoms with Crippen LogP contribution in [0.2, 0.25) is 0 Å². The molecule has 0 radical (unpaired) electrons. The van der Waals surface area contributed by atoms with E-state index in [0.717, 1.165) is 17.3 Å². The fourth-order valence-electron chi connectivity index (χ4n) is 3.47. The molecular weight excluding hydrogens is 240 g/mol. The Kier molecular flexibility index (Phi) is 6.33. The second-order valence-electron chi connectivity index (χ2n) is 5.76. The van der Waals surface area contributed by atoms with Crippen LogP contribution in [-0.2, 0) is 0 Å². The predicted octanol–water partition coefficient (Wildman–Crippen LogP) is 3.12. The van der Waals surface area contributed by atoms with Crippen molar-refractivity contribution in [3.63, 3.8) is 0 Å². The zero-order valence-corrected chi connectivity index (χ0v) is 13.0. The average Bonchev–Trinajstić information content (AvgIpc) is 2.68. The molecule has 0 aromatic rings. The van der Waals surface area contributed by atoms with E-state index in [0.29, 0.717) is 0 Å². The third-order valence-corrected chi connectivity index (χ3v) is 5.88. The summed E-state index contributed by atoms with van der Waals surface area (Å²) in [5.74, 6) is 1.27. The van der Waals surface area contributed by atoms with Crippen molar-refractivity contribution in [2.24, 2.45) is 0 Å². The number of nitrogens with one attached hydrogen (secondary N) is 1. The summed E-state index contributed by atoms with van der Waals surface area (Å²) < 4.78 is 0. The largest absolute Gasteiger partial charge is 0.310 e. The molecule has 3 unspecified atom stereocenters. The van der Waals surface area contributed by atoms with Crippen LogP contribution in [0.25, 0.3) is 0 Å². The van der Waals surface area contributed by atoms with Crippen molar-refractivity contribution in [1.29, 1.82) is 0 Å². The Morgan fingerprint density at radius 1 is 1.06 bits per heavy atom. The summed E-state index contributed by atoms with van der Waals surface area (Å²) in [4.78, 5) is 2.61. The molecule has 3 atom stereocenters. The molecule has 0 spiro atoms. The van der Waals surface area contributed by atoms with E-state index < -0.39 is 0 Å². The first kappa shape index (κ1) is 14.7. The van der Waals surface area contributed by atoms with Gasteiger partial charge in [0, 0.05) is 17.3 Å². The maximum Gasteiger partial charge on any atom is 0.0201 e. The summed E-state index contributed by atoms with van der Waals surface area (Å²) in [5.41, 5.74) is 0. The van der Waals surface area contributed by atoms with Crippen LogP contribution in [0.5, 0.6) is 0 Å². The normalized spacial score (nSPS) is 34.7. The maximum absolute atomic E-state index is 3.99. The van der Waals surface area contributed by atoms with E-state index in [2.05, 4.69) is 35.8 Å². The van der Waals surface area contributed by atoms with Gasteiger partial charge >= 0.3 is 0 Å². The zero-order valence-electron chi connectivity index (χ0n) is 12.2. The molecule has 2 nitrogen and oxygen atoms in total. The zero-order chi connectivity index (χ0) is 12.8. The van der Waals surface area contributed by atoms with Crippen LogP contribution < -0.4 is 5.32 Å². The number of hydrogen-bond donors (Lipinski definition) is 1. The minimum absolute atomic E-state index is 0.782. The van der Waals surface area contributed by atoms with Crippen molar-refractivity contribution >= 4 is 11.8 Å². The quantitative estimate of drug-likeness (QED) is 0.826. The monoisotopic (exact) mass is 270 g/mol. The molecular formula is C15H30N2S. The van der Waals surface area contributed by atoms with Gasteiger partial charge < -0.3 is 10.2 Å². The summed E-state index contributed by atoms with van der Waals surface area (Å²) >= 11 is 2.17. The van der Waals surface area contributed by atoms with E-state index in [4.69, 9.17) is 0 Å². The molecule has 1 aliphatic carbocycles. The van der Waals surface area contributed by atoms with E-state index in [1.54, 1.807) is 0 Å². The standard InChI is InChI=1S/C15H30N2S/c1-3-17-11-6-7-13(10-12-17)16-14-8-5-9-15(14)18-4-2/h13-16H,3-12H2,1-2H3. The van der Waals surface area contributed by atoms with Gasteiger partial charge in [0.25, 0.3) is 0 Å². The highest BCUT2D eigenvalue weighted by molar-refractivity contribution is 7.99. The van der Waals surface area contributed by atoms with Gasteiger partial charge in [0.15, 0.2) is 0 Å². The molecule has 2 rings (SSSR count). The van der Waals surface area contributed by atoms with E-state index in [-0.39, 0.29) is 0 Å². The molecule has 2 aliphatic rings. The summed E-state index contributed by atoms with van der Waals surface area (Å²) in [6.07, 6.45) is 8.40. The van der Waals surface area contributed by atoms with Gasteiger partial charge in [-0.3, -0.25) is 0 Å². The van der Waals surface area contributed by atoms with Crippen molar-refractivity contribution in [3.05, 3.63) is 0 Å². The summed E-state index contributed by atoms with van der Waals surface area (Å²) in [6.45, 7) is 8.42. The van der Waals surface area contributed by atoms with Gasteiger partial charge in [-0.1, -0.05) is 20.3 Å². The van der Waals surface area contributed by atoms with Gasteiger partial charge in [0.1, 0.15) is 0 Å². The third-order valence-electron chi connectivity index (χ3n) is 4.55. The van der Waals surface area contributed by atoms with Crippen molar-refractivity contribution in [2.75, 3.05) is 25.4 Å². The Labute approximate surface area is 117 Å². The van der Waals surface area contributed by atoms with Crippen molar-refractivity contribution in [3.8, 4) is 0 Å². The van der Waals surface area contributed by atoms with E-state index in [9.17, 15) is 0 Å². The minimum Gasteiger partial charge on any atom is -0.310 e. The maximum atomic E-state index is 3.99. The molecule has 1 aliphatic heterocycles. The van der Waals surface area contributed by atoms with Crippen LogP contribution in [0.15, 0.2) is 0 Å². The lowest BCUT2D eigenvalue weighted by molar-refractivity contribution is 0.295. The molecule has 1 saturated carbocycles. The number of thioether (sulfide) groups is 1. The number of likely N-dealkylation sites (tertiary alicyclic amines) is 1. The molecule has 0 amide bonds. The highest BCUT2D eigenvalue weighted by atomic mass is 32.2. The van der Waals surface area contributed by atoms with Gasteiger partial charge in [-0.2, -0.15) is 11.8 Å². The first-order valence-electron chi connectivity index (χ1n) is 7.93. The fourth-order valence-corrected chi connectivity index (χ4v) is 4.68. The molecule has 2 fully saturated rings.